The maximum absolute atomic E-state index is 5.46. The Hall–Kier alpha value is -1.35. The van der Waals surface area contributed by atoms with Crippen LogP contribution >= 0.6 is 15.9 Å². The topological polar surface area (TPSA) is 22.1 Å². The molecule has 2 aliphatic carbocycles. The highest BCUT2D eigenvalue weighted by atomic mass is 79.9. The van der Waals surface area contributed by atoms with Crippen LogP contribution in [0.5, 0.6) is 5.75 Å². The van der Waals surface area contributed by atoms with Crippen LogP contribution in [0.3, 0.4) is 0 Å². The Morgan fingerprint density at radius 2 is 2.00 bits per heavy atom. The van der Waals surface area contributed by atoms with Gasteiger partial charge in [0.25, 0.3) is 0 Å². The molecule has 0 radical (unpaired) electrons. The Morgan fingerprint density at radius 1 is 1.20 bits per heavy atom. The summed E-state index contributed by atoms with van der Waals surface area (Å²) >= 11 is 3.60. The number of fused-ring (bicyclic) bond motifs is 3. The fourth-order valence-corrected chi connectivity index (χ4v) is 4.37. The summed E-state index contributed by atoms with van der Waals surface area (Å²) in [6.45, 7) is 0. The number of hydrogen-bond acceptors (Lipinski definition) is 2. The normalized spacial score (nSPS) is 26.6. The van der Waals surface area contributed by atoms with E-state index < -0.39 is 0 Å². The Morgan fingerprint density at radius 3 is 2.75 bits per heavy atom. The largest absolute Gasteiger partial charge is 0.496 e. The summed E-state index contributed by atoms with van der Waals surface area (Å²) < 4.78 is 6.53. The van der Waals surface area contributed by atoms with E-state index in [1.807, 2.05) is 12.4 Å². The summed E-state index contributed by atoms with van der Waals surface area (Å²) in [4.78, 5) is 4.13. The molecule has 0 spiro atoms. The van der Waals surface area contributed by atoms with Gasteiger partial charge in [0.15, 0.2) is 0 Å². The molecule has 102 valence electrons. The van der Waals surface area contributed by atoms with E-state index in [0.717, 1.165) is 16.1 Å². The van der Waals surface area contributed by atoms with Gasteiger partial charge in [-0.2, -0.15) is 0 Å². The van der Waals surface area contributed by atoms with Gasteiger partial charge in [-0.1, -0.05) is 0 Å². The van der Waals surface area contributed by atoms with Crippen LogP contribution in [-0.4, -0.2) is 12.1 Å². The van der Waals surface area contributed by atoms with Gasteiger partial charge in [-0.25, -0.2) is 0 Å². The SMILES string of the molecule is COc1cc2c(cc1Br)CC[C@H]1C(c3ccncc3)[C@@H]21. The second-order valence-electron chi connectivity index (χ2n) is 5.72. The first-order valence-corrected chi connectivity index (χ1v) is 7.85. The molecule has 1 heterocycles. The predicted octanol–water partition coefficient (Wildman–Crippen LogP) is 4.30. The number of nitrogens with zero attached hydrogens (tertiary/aromatic N) is 1. The van der Waals surface area contributed by atoms with E-state index >= 15 is 0 Å². The molecular formula is C17H16BrNO. The third-order valence-electron chi connectivity index (χ3n) is 4.78. The molecule has 0 aliphatic heterocycles. The zero-order chi connectivity index (χ0) is 13.7. The molecule has 3 heteroatoms. The van der Waals surface area contributed by atoms with Crippen LogP contribution < -0.4 is 4.74 Å². The van der Waals surface area contributed by atoms with Crippen molar-refractivity contribution in [2.45, 2.75) is 24.7 Å². The summed E-state index contributed by atoms with van der Waals surface area (Å²) in [6.07, 6.45) is 6.29. The molecule has 1 saturated carbocycles. The molecule has 2 aliphatic rings. The van der Waals surface area contributed by atoms with Gasteiger partial charge in [0, 0.05) is 12.4 Å². The number of aryl methyl sites for hydroxylation is 1. The number of aromatic nitrogens is 1. The minimum atomic E-state index is 0.670. The molecule has 0 saturated heterocycles. The molecule has 0 bridgehead atoms. The van der Waals surface area contributed by atoms with E-state index in [1.165, 1.54) is 29.5 Å². The summed E-state index contributed by atoms with van der Waals surface area (Å²) in [5.74, 6) is 3.09. The molecule has 4 rings (SSSR count). The molecule has 2 nitrogen and oxygen atoms in total. The van der Waals surface area contributed by atoms with Crippen LogP contribution in [0, 0.1) is 5.92 Å². The van der Waals surface area contributed by atoms with Crippen molar-refractivity contribution in [3.05, 3.63) is 57.8 Å². The van der Waals surface area contributed by atoms with E-state index in [9.17, 15) is 0 Å². The molecule has 3 atom stereocenters. The van der Waals surface area contributed by atoms with E-state index in [2.05, 4.69) is 45.2 Å². The smallest absolute Gasteiger partial charge is 0.133 e. The molecular weight excluding hydrogens is 314 g/mol. The van der Waals surface area contributed by atoms with Crippen LogP contribution in [0.4, 0.5) is 0 Å². The van der Waals surface area contributed by atoms with Gasteiger partial charge in [0.2, 0.25) is 0 Å². The lowest BCUT2D eigenvalue weighted by molar-refractivity contribution is 0.411. The molecule has 1 aromatic heterocycles. The number of ether oxygens (including phenoxy) is 1. The van der Waals surface area contributed by atoms with Crippen LogP contribution in [-0.2, 0) is 6.42 Å². The maximum atomic E-state index is 5.46. The lowest BCUT2D eigenvalue weighted by Crippen LogP contribution is -2.02. The van der Waals surface area contributed by atoms with Gasteiger partial charge in [0.05, 0.1) is 11.6 Å². The van der Waals surface area contributed by atoms with Crippen LogP contribution in [0.25, 0.3) is 0 Å². The zero-order valence-corrected chi connectivity index (χ0v) is 12.9. The molecule has 1 aromatic carbocycles. The maximum Gasteiger partial charge on any atom is 0.133 e. The summed E-state index contributed by atoms with van der Waals surface area (Å²) in [6, 6.07) is 8.81. The number of pyridine rings is 1. The van der Waals surface area contributed by atoms with Crippen molar-refractivity contribution < 1.29 is 4.74 Å². The summed E-state index contributed by atoms with van der Waals surface area (Å²) in [5.41, 5.74) is 4.41. The second kappa shape index (κ2) is 4.59. The Labute approximate surface area is 127 Å². The highest BCUT2D eigenvalue weighted by Gasteiger charge is 2.53. The van der Waals surface area contributed by atoms with Crippen molar-refractivity contribution in [2.75, 3.05) is 7.11 Å². The minimum absolute atomic E-state index is 0.670. The van der Waals surface area contributed by atoms with Crippen molar-refractivity contribution in [3.63, 3.8) is 0 Å². The highest BCUT2D eigenvalue weighted by Crippen LogP contribution is 2.65. The van der Waals surface area contributed by atoms with Crippen LogP contribution in [0.2, 0.25) is 0 Å². The summed E-state index contributed by atoms with van der Waals surface area (Å²) in [7, 11) is 1.74. The zero-order valence-electron chi connectivity index (χ0n) is 11.3. The second-order valence-corrected chi connectivity index (χ2v) is 6.57. The third kappa shape index (κ3) is 1.80. The minimum Gasteiger partial charge on any atom is -0.496 e. The van der Waals surface area contributed by atoms with Gasteiger partial charge in [0.1, 0.15) is 5.75 Å². The van der Waals surface area contributed by atoms with E-state index in [4.69, 9.17) is 4.74 Å². The van der Waals surface area contributed by atoms with Gasteiger partial charge in [-0.3, -0.25) is 4.98 Å². The first kappa shape index (κ1) is 12.4. The van der Waals surface area contributed by atoms with Crippen molar-refractivity contribution in [1.82, 2.24) is 4.98 Å². The lowest BCUT2D eigenvalue weighted by atomic mass is 9.91. The van der Waals surface area contributed by atoms with Gasteiger partial charge in [-0.15, -0.1) is 0 Å². The van der Waals surface area contributed by atoms with Crippen molar-refractivity contribution in [2.24, 2.45) is 5.92 Å². The molecule has 0 amide bonds. The number of halogens is 1. The number of methoxy groups -OCH3 is 1. The third-order valence-corrected chi connectivity index (χ3v) is 5.40. The number of rotatable bonds is 2. The first-order chi connectivity index (χ1) is 9.79. The monoisotopic (exact) mass is 329 g/mol. The van der Waals surface area contributed by atoms with Gasteiger partial charge < -0.3 is 4.74 Å². The first-order valence-electron chi connectivity index (χ1n) is 7.06. The van der Waals surface area contributed by atoms with Crippen molar-refractivity contribution >= 4 is 15.9 Å². The van der Waals surface area contributed by atoms with E-state index in [1.54, 1.807) is 7.11 Å². The Balaban J connectivity index is 1.74. The van der Waals surface area contributed by atoms with Crippen molar-refractivity contribution in [3.8, 4) is 5.75 Å². The van der Waals surface area contributed by atoms with Crippen LogP contribution in [0.15, 0.2) is 41.1 Å². The fraction of sp³-hybridized carbons (Fsp3) is 0.353. The molecule has 20 heavy (non-hydrogen) atoms. The average molecular weight is 330 g/mol. The van der Waals surface area contributed by atoms with Gasteiger partial charge >= 0.3 is 0 Å². The molecule has 1 unspecified atom stereocenters. The molecule has 1 fully saturated rings. The number of hydrogen-bond donors (Lipinski definition) is 0. The van der Waals surface area contributed by atoms with Crippen LogP contribution in [0.1, 0.15) is 34.9 Å². The quantitative estimate of drug-likeness (QED) is 0.819. The predicted molar refractivity (Wildman–Crippen MR) is 82.2 cm³/mol. The molecule has 0 N–H and O–H groups in total. The van der Waals surface area contributed by atoms with Gasteiger partial charge in [-0.05, 0) is 87.5 Å². The Bertz CT molecular complexity index is 656. The lowest BCUT2D eigenvalue weighted by Gasteiger charge is -2.16. The molecule has 2 aromatic rings. The van der Waals surface area contributed by atoms with Crippen molar-refractivity contribution in [1.29, 1.82) is 0 Å². The van der Waals surface area contributed by atoms with E-state index in [0.29, 0.717) is 11.8 Å². The van der Waals surface area contributed by atoms with E-state index in [-0.39, 0.29) is 0 Å². The fourth-order valence-electron chi connectivity index (χ4n) is 3.81. The Kier molecular flexibility index (Phi) is 2.84. The highest BCUT2D eigenvalue weighted by molar-refractivity contribution is 9.10. The summed E-state index contributed by atoms with van der Waals surface area (Å²) in [5, 5.41) is 0. The number of benzene rings is 1. The standard InChI is InChI=1S/C17H16BrNO/c1-20-15-9-13-11(8-14(15)18)2-3-12-16(17(12)13)10-4-6-19-7-5-10/h4-9,12,16-17H,2-3H2,1H3/t12-,16?,17+/m0/s1. The average Bonchev–Trinajstić information content (AvgIpc) is 3.22.